The van der Waals surface area contributed by atoms with E-state index in [4.69, 9.17) is 16.7 Å². The molecule has 0 spiro atoms. The molecule has 0 fully saturated rings. The van der Waals surface area contributed by atoms with Gasteiger partial charge in [-0.25, -0.2) is 0 Å². The van der Waals surface area contributed by atoms with Crippen LogP contribution in [0.15, 0.2) is 35.7 Å². The second-order valence-electron chi connectivity index (χ2n) is 4.48. The van der Waals surface area contributed by atoms with Gasteiger partial charge in [-0.2, -0.15) is 0 Å². The zero-order chi connectivity index (χ0) is 15.4. The van der Waals surface area contributed by atoms with Crippen LogP contribution in [-0.2, 0) is 4.79 Å². The number of nitrogens with zero attached hydrogens (tertiary/aromatic N) is 1. The predicted molar refractivity (Wildman–Crippen MR) is 84.4 cm³/mol. The van der Waals surface area contributed by atoms with Gasteiger partial charge in [-0.05, 0) is 30.0 Å². The third kappa shape index (κ3) is 3.62. The van der Waals surface area contributed by atoms with E-state index in [0.717, 1.165) is 5.56 Å². The summed E-state index contributed by atoms with van der Waals surface area (Å²) in [6, 6.07) is 9.03. The third-order valence-corrected chi connectivity index (χ3v) is 4.34. The number of rotatable bonds is 5. The second kappa shape index (κ2) is 6.74. The zero-order valence-electron chi connectivity index (χ0n) is 11.4. The molecule has 4 nitrogen and oxygen atoms in total. The first kappa shape index (κ1) is 15.5. The minimum atomic E-state index is -0.946. The van der Waals surface area contributed by atoms with Gasteiger partial charge in [-0.15, -0.1) is 11.3 Å². The van der Waals surface area contributed by atoms with E-state index in [9.17, 15) is 9.59 Å². The molecule has 2 aromatic rings. The highest BCUT2D eigenvalue weighted by atomic mass is 35.5. The SMILES string of the molecule is Cc1ccccc1N(CCC(=O)O)C(=O)c1sccc1Cl. The normalized spacial score (nSPS) is 10.4. The fraction of sp³-hybridized carbons (Fsp3) is 0.200. The van der Waals surface area contributed by atoms with Gasteiger partial charge in [0.05, 0.1) is 11.4 Å². The summed E-state index contributed by atoms with van der Waals surface area (Å²) in [6.45, 7) is 1.99. The molecule has 21 heavy (non-hydrogen) atoms. The van der Waals surface area contributed by atoms with E-state index >= 15 is 0 Å². The Hall–Kier alpha value is -1.85. The van der Waals surface area contributed by atoms with Crippen molar-refractivity contribution < 1.29 is 14.7 Å². The number of carboxylic acids is 1. The van der Waals surface area contributed by atoms with E-state index < -0.39 is 5.97 Å². The Balaban J connectivity index is 2.37. The van der Waals surface area contributed by atoms with Crippen molar-refractivity contribution in [1.82, 2.24) is 0 Å². The van der Waals surface area contributed by atoms with E-state index in [-0.39, 0.29) is 18.9 Å². The number of hydrogen-bond acceptors (Lipinski definition) is 3. The lowest BCUT2D eigenvalue weighted by Gasteiger charge is -2.23. The van der Waals surface area contributed by atoms with Gasteiger partial charge in [0, 0.05) is 12.2 Å². The molecule has 1 heterocycles. The highest BCUT2D eigenvalue weighted by Crippen LogP contribution is 2.28. The first-order valence-electron chi connectivity index (χ1n) is 6.33. The van der Waals surface area contributed by atoms with Crippen LogP contribution in [0, 0.1) is 6.92 Å². The van der Waals surface area contributed by atoms with Crippen LogP contribution in [0.5, 0.6) is 0 Å². The van der Waals surface area contributed by atoms with E-state index in [0.29, 0.717) is 15.6 Å². The zero-order valence-corrected chi connectivity index (χ0v) is 12.9. The summed E-state index contributed by atoms with van der Waals surface area (Å²) in [5.41, 5.74) is 1.61. The van der Waals surface area contributed by atoms with Gasteiger partial charge in [-0.3, -0.25) is 9.59 Å². The van der Waals surface area contributed by atoms with Crippen molar-refractivity contribution in [3.05, 3.63) is 51.2 Å². The number of carbonyl (C=O) groups excluding carboxylic acids is 1. The van der Waals surface area contributed by atoms with Gasteiger partial charge in [0.2, 0.25) is 0 Å². The van der Waals surface area contributed by atoms with E-state index in [1.807, 2.05) is 25.1 Å². The molecular formula is C15H14ClNO3S. The number of halogens is 1. The van der Waals surface area contributed by atoms with E-state index in [1.165, 1.54) is 16.2 Å². The van der Waals surface area contributed by atoms with Crippen LogP contribution in [-0.4, -0.2) is 23.5 Å². The molecule has 0 aliphatic carbocycles. The van der Waals surface area contributed by atoms with Gasteiger partial charge >= 0.3 is 5.97 Å². The van der Waals surface area contributed by atoms with Crippen LogP contribution in [0.3, 0.4) is 0 Å². The van der Waals surface area contributed by atoms with Crippen molar-refractivity contribution in [2.75, 3.05) is 11.4 Å². The molecule has 0 atom stereocenters. The topological polar surface area (TPSA) is 57.6 Å². The number of anilines is 1. The average Bonchev–Trinajstić information content (AvgIpc) is 2.86. The number of amides is 1. The number of thiophene rings is 1. The van der Waals surface area contributed by atoms with Crippen molar-refractivity contribution in [1.29, 1.82) is 0 Å². The van der Waals surface area contributed by atoms with Crippen molar-refractivity contribution in [3.8, 4) is 0 Å². The lowest BCUT2D eigenvalue weighted by atomic mass is 10.1. The molecule has 0 saturated heterocycles. The molecule has 110 valence electrons. The molecule has 1 N–H and O–H groups in total. The van der Waals surface area contributed by atoms with Crippen molar-refractivity contribution in [3.63, 3.8) is 0 Å². The number of aliphatic carboxylic acids is 1. The maximum Gasteiger partial charge on any atom is 0.305 e. The molecule has 1 amide bonds. The van der Waals surface area contributed by atoms with Gasteiger partial charge in [0.25, 0.3) is 5.91 Å². The fourth-order valence-corrected chi connectivity index (χ4v) is 3.06. The molecule has 0 aliphatic heterocycles. The number of aryl methyl sites for hydroxylation is 1. The highest BCUT2D eigenvalue weighted by molar-refractivity contribution is 7.12. The molecule has 1 aromatic carbocycles. The molecule has 6 heteroatoms. The molecule has 2 rings (SSSR count). The maximum absolute atomic E-state index is 12.7. The minimum absolute atomic E-state index is 0.104. The Labute approximate surface area is 131 Å². The molecule has 0 saturated carbocycles. The summed E-state index contributed by atoms with van der Waals surface area (Å²) < 4.78 is 0. The average molecular weight is 324 g/mol. The van der Waals surface area contributed by atoms with Gasteiger partial charge in [0.15, 0.2) is 0 Å². The van der Waals surface area contributed by atoms with Crippen LogP contribution >= 0.6 is 22.9 Å². The molecule has 0 radical (unpaired) electrons. The summed E-state index contributed by atoms with van der Waals surface area (Å²) in [6.07, 6.45) is -0.122. The van der Waals surface area contributed by atoms with Crippen LogP contribution < -0.4 is 4.90 Å². The second-order valence-corrected chi connectivity index (χ2v) is 5.81. The van der Waals surface area contributed by atoms with Crippen LogP contribution in [0.1, 0.15) is 21.7 Å². The standard InChI is InChI=1S/C15H14ClNO3S/c1-10-4-2-3-5-12(10)17(8-6-13(18)19)15(20)14-11(16)7-9-21-14/h2-5,7,9H,6,8H2,1H3,(H,18,19). The minimum Gasteiger partial charge on any atom is -0.481 e. The van der Waals surface area contributed by atoms with Crippen molar-refractivity contribution in [2.45, 2.75) is 13.3 Å². The van der Waals surface area contributed by atoms with Gasteiger partial charge < -0.3 is 10.0 Å². The van der Waals surface area contributed by atoms with Crippen molar-refractivity contribution in [2.24, 2.45) is 0 Å². The van der Waals surface area contributed by atoms with Crippen LogP contribution in [0.4, 0.5) is 5.69 Å². The first-order chi connectivity index (χ1) is 10.0. The van der Waals surface area contributed by atoms with Gasteiger partial charge in [-0.1, -0.05) is 29.8 Å². The van der Waals surface area contributed by atoms with Crippen LogP contribution in [0.25, 0.3) is 0 Å². The number of carboxylic acid groups (broad SMARTS) is 1. The summed E-state index contributed by atoms with van der Waals surface area (Å²) in [5, 5.41) is 11.0. The Morgan fingerprint density at radius 3 is 2.57 bits per heavy atom. The Bertz CT molecular complexity index is 668. The quantitative estimate of drug-likeness (QED) is 0.909. The number of carbonyl (C=O) groups is 2. The molecule has 0 aliphatic rings. The Morgan fingerprint density at radius 2 is 2.00 bits per heavy atom. The highest BCUT2D eigenvalue weighted by Gasteiger charge is 2.22. The monoisotopic (exact) mass is 323 g/mol. The lowest BCUT2D eigenvalue weighted by Crippen LogP contribution is -2.33. The number of para-hydroxylation sites is 1. The smallest absolute Gasteiger partial charge is 0.305 e. The summed E-state index contributed by atoms with van der Waals surface area (Å²) in [7, 11) is 0. The Morgan fingerprint density at radius 1 is 1.29 bits per heavy atom. The largest absolute Gasteiger partial charge is 0.481 e. The van der Waals surface area contributed by atoms with Gasteiger partial charge in [0.1, 0.15) is 4.88 Å². The summed E-state index contributed by atoms with van der Waals surface area (Å²) in [5.74, 6) is -1.22. The lowest BCUT2D eigenvalue weighted by molar-refractivity contribution is -0.136. The maximum atomic E-state index is 12.7. The summed E-state index contributed by atoms with van der Waals surface area (Å²) >= 11 is 7.27. The number of hydrogen-bond donors (Lipinski definition) is 1. The van der Waals surface area contributed by atoms with E-state index in [1.54, 1.807) is 17.5 Å². The molecule has 0 unspecified atom stereocenters. The predicted octanol–water partition coefficient (Wildman–Crippen LogP) is 3.83. The number of benzene rings is 1. The molecular weight excluding hydrogens is 310 g/mol. The van der Waals surface area contributed by atoms with Crippen molar-refractivity contribution >= 4 is 40.5 Å². The van der Waals surface area contributed by atoms with Crippen LogP contribution in [0.2, 0.25) is 5.02 Å². The first-order valence-corrected chi connectivity index (χ1v) is 7.58. The third-order valence-electron chi connectivity index (χ3n) is 3.01. The molecule has 0 bridgehead atoms. The molecule has 1 aromatic heterocycles. The summed E-state index contributed by atoms with van der Waals surface area (Å²) in [4.78, 5) is 25.4. The Kier molecular flexibility index (Phi) is 4.98. The fourth-order valence-electron chi connectivity index (χ4n) is 1.97. The van der Waals surface area contributed by atoms with E-state index in [2.05, 4.69) is 0 Å².